The number of hydrogen-bond acceptors (Lipinski definition) is 5. The van der Waals surface area contributed by atoms with Crippen molar-refractivity contribution in [3.05, 3.63) is 59.3 Å². The highest BCUT2D eigenvalue weighted by Gasteiger charge is 2.16. The van der Waals surface area contributed by atoms with Crippen LogP contribution in [0.2, 0.25) is 0 Å². The van der Waals surface area contributed by atoms with Crippen molar-refractivity contribution in [1.29, 1.82) is 0 Å². The molecule has 0 spiro atoms. The second kappa shape index (κ2) is 5.76. The Hall–Kier alpha value is -3.03. The number of nitrogens with one attached hydrogen (secondary N) is 1. The predicted octanol–water partition coefficient (Wildman–Crippen LogP) is 2.01. The van der Waals surface area contributed by atoms with E-state index in [1.165, 1.54) is 10.7 Å². The molecule has 0 aliphatic carbocycles. The Labute approximate surface area is 124 Å². The largest absolute Gasteiger partial charge is 0.304 e. The van der Waals surface area contributed by atoms with E-state index in [1.807, 2.05) is 0 Å². The number of anilines is 1. The molecule has 7 nitrogen and oxygen atoms in total. The second-order valence-corrected chi connectivity index (χ2v) is 4.64. The number of hydrogen-bond donors (Lipinski definition) is 1. The van der Waals surface area contributed by atoms with E-state index in [9.17, 15) is 9.18 Å². The lowest BCUT2D eigenvalue weighted by Gasteiger charge is -2.03. The van der Waals surface area contributed by atoms with Crippen molar-refractivity contribution < 1.29 is 13.8 Å². The molecule has 1 aromatic carbocycles. The summed E-state index contributed by atoms with van der Waals surface area (Å²) >= 11 is 0. The lowest BCUT2D eigenvalue weighted by Crippen LogP contribution is -2.14. The van der Waals surface area contributed by atoms with Crippen LogP contribution in [-0.4, -0.2) is 26.0 Å². The molecular formula is C14H12FN5O2. The third-order valence-corrected chi connectivity index (χ3v) is 3.04. The Kier molecular flexibility index (Phi) is 3.65. The van der Waals surface area contributed by atoms with Crippen molar-refractivity contribution in [2.75, 3.05) is 5.32 Å². The molecule has 0 fully saturated rings. The Morgan fingerprint density at radius 1 is 1.32 bits per heavy atom. The minimum absolute atomic E-state index is 0.101. The van der Waals surface area contributed by atoms with Gasteiger partial charge in [0.1, 0.15) is 11.5 Å². The van der Waals surface area contributed by atoms with Gasteiger partial charge in [0, 0.05) is 17.8 Å². The number of amides is 1. The molecule has 112 valence electrons. The zero-order valence-corrected chi connectivity index (χ0v) is 11.7. The summed E-state index contributed by atoms with van der Waals surface area (Å²) in [4.78, 5) is 11.9. The maximum atomic E-state index is 13.6. The summed E-state index contributed by atoms with van der Waals surface area (Å²) in [6.45, 7) is 1.88. The third kappa shape index (κ3) is 2.85. The quantitative estimate of drug-likeness (QED) is 0.796. The van der Waals surface area contributed by atoms with Crippen molar-refractivity contribution in [2.24, 2.45) is 0 Å². The number of benzene rings is 1. The first kappa shape index (κ1) is 13.9. The number of nitrogens with zero attached hydrogens (tertiary/aromatic N) is 4. The van der Waals surface area contributed by atoms with Crippen molar-refractivity contribution in [1.82, 2.24) is 20.1 Å². The smallest absolute Gasteiger partial charge is 0.281 e. The van der Waals surface area contributed by atoms with E-state index in [-0.39, 0.29) is 18.1 Å². The topological polar surface area (TPSA) is 85.8 Å². The number of rotatable bonds is 4. The molecule has 0 aliphatic heterocycles. The zero-order valence-electron chi connectivity index (χ0n) is 11.7. The lowest BCUT2D eigenvalue weighted by molar-refractivity contribution is 0.101. The molecule has 22 heavy (non-hydrogen) atoms. The number of halogens is 1. The van der Waals surface area contributed by atoms with Crippen LogP contribution in [0, 0.1) is 12.7 Å². The molecule has 1 N–H and O–H groups in total. The monoisotopic (exact) mass is 301 g/mol. The lowest BCUT2D eigenvalue weighted by atomic mass is 10.2. The van der Waals surface area contributed by atoms with Crippen LogP contribution in [0.5, 0.6) is 0 Å². The summed E-state index contributed by atoms with van der Waals surface area (Å²) < 4.78 is 19.6. The Bertz CT molecular complexity index is 811. The summed E-state index contributed by atoms with van der Waals surface area (Å²) in [7, 11) is 0. The fraction of sp³-hybridized carbons (Fsp3) is 0.143. The number of carbonyl (C=O) groups excluding carboxylic acids is 1. The Balaban J connectivity index is 1.70. The maximum Gasteiger partial charge on any atom is 0.281 e. The van der Waals surface area contributed by atoms with Gasteiger partial charge in [-0.15, -0.1) is 0 Å². The van der Waals surface area contributed by atoms with Gasteiger partial charge in [0.05, 0.1) is 6.54 Å². The highest BCUT2D eigenvalue weighted by Crippen LogP contribution is 2.11. The minimum Gasteiger partial charge on any atom is -0.304 e. The average Bonchev–Trinajstić information content (AvgIpc) is 3.10. The van der Waals surface area contributed by atoms with Gasteiger partial charge in [-0.25, -0.2) is 9.02 Å². The first-order valence-electron chi connectivity index (χ1n) is 6.51. The highest BCUT2D eigenvalue weighted by atomic mass is 19.1. The van der Waals surface area contributed by atoms with Crippen LogP contribution >= 0.6 is 0 Å². The molecule has 8 heteroatoms. The Morgan fingerprint density at radius 2 is 2.14 bits per heavy atom. The first-order valence-corrected chi connectivity index (χ1v) is 6.51. The van der Waals surface area contributed by atoms with Crippen LogP contribution in [0.1, 0.15) is 21.7 Å². The van der Waals surface area contributed by atoms with Crippen LogP contribution in [0.4, 0.5) is 10.2 Å². The summed E-state index contributed by atoms with van der Waals surface area (Å²) in [5.41, 5.74) is 1.01. The van der Waals surface area contributed by atoms with Crippen LogP contribution in [0.3, 0.4) is 0 Å². The van der Waals surface area contributed by atoms with Gasteiger partial charge in [-0.2, -0.15) is 5.10 Å². The molecule has 2 heterocycles. The molecule has 0 saturated carbocycles. The van der Waals surface area contributed by atoms with Gasteiger partial charge in [0.2, 0.25) is 0 Å². The van der Waals surface area contributed by atoms with Crippen LogP contribution < -0.4 is 5.32 Å². The Morgan fingerprint density at radius 3 is 2.86 bits per heavy atom. The van der Waals surface area contributed by atoms with Gasteiger partial charge in [-0.05, 0) is 18.1 Å². The van der Waals surface area contributed by atoms with E-state index in [0.717, 1.165) is 0 Å². The van der Waals surface area contributed by atoms with Crippen LogP contribution in [0.25, 0.3) is 0 Å². The van der Waals surface area contributed by atoms with E-state index in [4.69, 9.17) is 0 Å². The summed E-state index contributed by atoms with van der Waals surface area (Å²) in [5, 5.41) is 13.8. The normalized spacial score (nSPS) is 10.6. The van der Waals surface area contributed by atoms with Gasteiger partial charge in [0.25, 0.3) is 5.91 Å². The molecule has 0 unspecified atom stereocenters. The van der Waals surface area contributed by atoms with Crippen molar-refractivity contribution >= 4 is 11.7 Å². The zero-order chi connectivity index (χ0) is 15.5. The van der Waals surface area contributed by atoms with Crippen molar-refractivity contribution in [3.63, 3.8) is 0 Å². The average molecular weight is 301 g/mol. The van der Waals surface area contributed by atoms with Crippen LogP contribution in [0.15, 0.2) is 41.2 Å². The van der Waals surface area contributed by atoms with Crippen LogP contribution in [-0.2, 0) is 6.54 Å². The predicted molar refractivity (Wildman–Crippen MR) is 74.7 cm³/mol. The molecule has 0 saturated heterocycles. The minimum atomic E-state index is -0.463. The van der Waals surface area contributed by atoms with Crippen molar-refractivity contribution in [2.45, 2.75) is 13.5 Å². The molecule has 1 amide bonds. The molecule has 3 aromatic rings. The van der Waals surface area contributed by atoms with Gasteiger partial charge >= 0.3 is 0 Å². The molecule has 0 bridgehead atoms. The number of aryl methyl sites for hydroxylation is 1. The fourth-order valence-corrected chi connectivity index (χ4v) is 1.93. The van der Waals surface area contributed by atoms with E-state index < -0.39 is 5.91 Å². The number of carbonyl (C=O) groups is 1. The molecule has 0 radical (unpaired) electrons. The second-order valence-electron chi connectivity index (χ2n) is 4.64. The van der Waals surface area contributed by atoms with E-state index in [2.05, 4.69) is 25.4 Å². The molecule has 3 rings (SSSR count). The number of aromatic nitrogens is 4. The van der Waals surface area contributed by atoms with Gasteiger partial charge in [0.15, 0.2) is 11.5 Å². The van der Waals surface area contributed by atoms with E-state index >= 15 is 0 Å². The first-order chi connectivity index (χ1) is 10.6. The summed E-state index contributed by atoms with van der Waals surface area (Å²) in [6.07, 6.45) is 1.65. The van der Waals surface area contributed by atoms with E-state index in [0.29, 0.717) is 17.1 Å². The van der Waals surface area contributed by atoms with Gasteiger partial charge in [-0.1, -0.05) is 23.4 Å². The SMILES string of the molecule is Cc1nonc1C(=O)Nc1ccn(Cc2ccccc2F)n1. The fourth-order valence-electron chi connectivity index (χ4n) is 1.93. The highest BCUT2D eigenvalue weighted by molar-refractivity contribution is 6.02. The van der Waals surface area contributed by atoms with Crippen molar-refractivity contribution in [3.8, 4) is 0 Å². The molecule has 0 atom stereocenters. The third-order valence-electron chi connectivity index (χ3n) is 3.04. The summed E-state index contributed by atoms with van der Waals surface area (Å²) in [6, 6.07) is 8.07. The molecular weight excluding hydrogens is 289 g/mol. The molecule has 2 aromatic heterocycles. The van der Waals surface area contributed by atoms with Gasteiger partial charge in [-0.3, -0.25) is 9.48 Å². The maximum absolute atomic E-state index is 13.6. The van der Waals surface area contributed by atoms with E-state index in [1.54, 1.807) is 37.4 Å². The van der Waals surface area contributed by atoms with Gasteiger partial charge < -0.3 is 5.32 Å². The summed E-state index contributed by atoms with van der Waals surface area (Å²) in [5.74, 6) is -0.425. The molecule has 0 aliphatic rings. The standard InChI is InChI=1S/C14H12FN5O2/c1-9-13(19-22-18-9)14(21)16-12-6-7-20(17-12)8-10-4-2-3-5-11(10)15/h2-7H,8H2,1H3,(H,16,17,21).